The Balaban J connectivity index is 1.69. The molecule has 5 heteroatoms. The number of aryl methyl sites for hydroxylation is 2. The fourth-order valence-corrected chi connectivity index (χ4v) is 3.88. The molecule has 1 aliphatic rings. The third-order valence-electron chi connectivity index (χ3n) is 5.08. The molecule has 0 bridgehead atoms. The molecule has 1 aliphatic heterocycles. The summed E-state index contributed by atoms with van der Waals surface area (Å²) in [6, 6.07) is 7.57. The van der Waals surface area contributed by atoms with Crippen LogP contribution in [0, 0.1) is 19.8 Å². The van der Waals surface area contributed by atoms with Crippen LogP contribution in [0.4, 0.5) is 0 Å². The normalized spacial score (nSPS) is 18.1. The Bertz CT molecular complexity index is 757. The van der Waals surface area contributed by atoms with Crippen LogP contribution in [-0.2, 0) is 13.2 Å². The molecule has 0 spiro atoms. The second-order valence-corrected chi connectivity index (χ2v) is 7.11. The van der Waals surface area contributed by atoms with E-state index in [-0.39, 0.29) is 18.3 Å². The predicted molar refractivity (Wildman–Crippen MR) is 99.4 cm³/mol. The molecule has 3 rings (SSSR count). The molecule has 2 aromatic rings. The van der Waals surface area contributed by atoms with Gasteiger partial charge in [0.2, 0.25) is 0 Å². The highest BCUT2D eigenvalue weighted by atomic mass is 16.5. The summed E-state index contributed by atoms with van der Waals surface area (Å²) in [7, 11) is 1.66. The van der Waals surface area contributed by atoms with E-state index in [9.17, 15) is 4.79 Å². The van der Waals surface area contributed by atoms with E-state index in [1.54, 1.807) is 13.2 Å². The highest BCUT2D eigenvalue weighted by Crippen LogP contribution is 2.28. The molecule has 26 heavy (non-hydrogen) atoms. The lowest BCUT2D eigenvalue weighted by Gasteiger charge is -2.31. The number of aliphatic hydroxyl groups excluding tert-OH is 1. The van der Waals surface area contributed by atoms with Gasteiger partial charge in [-0.2, -0.15) is 0 Å². The number of hydrogen-bond donors (Lipinski definition) is 1. The van der Waals surface area contributed by atoms with Crippen molar-refractivity contribution >= 4 is 5.78 Å². The van der Waals surface area contributed by atoms with Gasteiger partial charge >= 0.3 is 0 Å². The fraction of sp³-hybridized carbons (Fsp3) is 0.476. The van der Waals surface area contributed by atoms with Crippen LogP contribution in [-0.4, -0.2) is 36.0 Å². The number of hydrogen-bond acceptors (Lipinski definition) is 5. The second-order valence-electron chi connectivity index (χ2n) is 7.11. The molecule has 2 heterocycles. The van der Waals surface area contributed by atoms with Gasteiger partial charge in [-0.3, -0.25) is 9.69 Å². The minimum atomic E-state index is -0.0860. The zero-order valence-corrected chi connectivity index (χ0v) is 15.7. The number of methoxy groups -OCH3 is 1. The van der Waals surface area contributed by atoms with E-state index in [0.717, 1.165) is 54.1 Å². The van der Waals surface area contributed by atoms with Crippen molar-refractivity contribution in [3.8, 4) is 5.75 Å². The van der Waals surface area contributed by atoms with E-state index < -0.39 is 0 Å². The molecular weight excluding hydrogens is 330 g/mol. The van der Waals surface area contributed by atoms with E-state index in [0.29, 0.717) is 12.3 Å². The van der Waals surface area contributed by atoms with Crippen LogP contribution in [0.5, 0.6) is 5.75 Å². The average Bonchev–Trinajstić information content (AvgIpc) is 3.08. The summed E-state index contributed by atoms with van der Waals surface area (Å²) in [5, 5.41) is 9.12. The summed E-state index contributed by atoms with van der Waals surface area (Å²) in [6.07, 6.45) is 1.91. The third-order valence-corrected chi connectivity index (χ3v) is 5.08. The molecule has 1 N–H and O–H groups in total. The van der Waals surface area contributed by atoms with Crippen LogP contribution >= 0.6 is 0 Å². The van der Waals surface area contributed by atoms with Crippen molar-refractivity contribution in [2.24, 2.45) is 5.92 Å². The Labute approximate surface area is 154 Å². The molecule has 1 fully saturated rings. The standard InChI is InChI=1S/C21H27NO4/c1-14-9-17(10-15(2)21(14)25-3)20(24)16-5-4-8-22(11-16)12-18-6-7-19(13-23)26-18/h6-7,9-10,16,23H,4-5,8,11-13H2,1-3H3. The summed E-state index contributed by atoms with van der Waals surface area (Å²) in [5.74, 6) is 2.47. The second kappa shape index (κ2) is 8.06. The number of likely N-dealkylation sites (tertiary alicyclic amines) is 1. The molecular formula is C21H27NO4. The number of ketones is 1. The first-order valence-electron chi connectivity index (χ1n) is 9.12. The number of carbonyl (C=O) groups is 1. The highest BCUT2D eigenvalue weighted by Gasteiger charge is 2.27. The molecule has 1 saturated heterocycles. The molecule has 1 aromatic carbocycles. The lowest BCUT2D eigenvalue weighted by Crippen LogP contribution is -2.38. The van der Waals surface area contributed by atoms with Crippen LogP contribution < -0.4 is 4.74 Å². The maximum atomic E-state index is 13.0. The van der Waals surface area contributed by atoms with Gasteiger partial charge in [0.05, 0.1) is 13.7 Å². The monoisotopic (exact) mass is 357 g/mol. The minimum absolute atomic E-state index is 0.00298. The molecule has 0 saturated carbocycles. The smallest absolute Gasteiger partial charge is 0.167 e. The van der Waals surface area contributed by atoms with Gasteiger partial charge in [-0.25, -0.2) is 0 Å². The summed E-state index contributed by atoms with van der Waals surface area (Å²) < 4.78 is 11.0. The van der Waals surface area contributed by atoms with Crippen molar-refractivity contribution in [2.45, 2.75) is 39.8 Å². The lowest BCUT2D eigenvalue weighted by molar-refractivity contribution is 0.0801. The van der Waals surface area contributed by atoms with Crippen LogP contribution in [0.2, 0.25) is 0 Å². The minimum Gasteiger partial charge on any atom is -0.496 e. The number of furan rings is 1. The molecule has 1 atom stereocenters. The Hall–Kier alpha value is -2.11. The maximum Gasteiger partial charge on any atom is 0.167 e. The van der Waals surface area contributed by atoms with Crippen molar-refractivity contribution in [1.82, 2.24) is 4.90 Å². The van der Waals surface area contributed by atoms with Gasteiger partial charge in [0.1, 0.15) is 23.9 Å². The van der Waals surface area contributed by atoms with Crippen molar-refractivity contribution in [1.29, 1.82) is 0 Å². The number of ether oxygens (including phenoxy) is 1. The van der Waals surface area contributed by atoms with Crippen LogP contribution in [0.15, 0.2) is 28.7 Å². The van der Waals surface area contributed by atoms with Gasteiger partial charge in [-0.05, 0) is 68.6 Å². The Morgan fingerprint density at radius 3 is 2.58 bits per heavy atom. The first kappa shape index (κ1) is 18.7. The van der Waals surface area contributed by atoms with Crippen LogP contribution in [0.1, 0.15) is 45.8 Å². The Kier molecular flexibility index (Phi) is 5.79. The molecule has 0 aliphatic carbocycles. The van der Waals surface area contributed by atoms with Gasteiger partial charge < -0.3 is 14.3 Å². The van der Waals surface area contributed by atoms with E-state index >= 15 is 0 Å². The van der Waals surface area contributed by atoms with Crippen LogP contribution in [0.25, 0.3) is 0 Å². The molecule has 0 radical (unpaired) electrons. The average molecular weight is 357 g/mol. The number of carbonyl (C=O) groups excluding carboxylic acids is 1. The van der Waals surface area contributed by atoms with Gasteiger partial charge in [0, 0.05) is 18.0 Å². The number of aliphatic hydroxyl groups is 1. The zero-order chi connectivity index (χ0) is 18.7. The quantitative estimate of drug-likeness (QED) is 0.802. The van der Waals surface area contributed by atoms with E-state index in [4.69, 9.17) is 14.3 Å². The van der Waals surface area contributed by atoms with Crippen LogP contribution in [0.3, 0.4) is 0 Å². The van der Waals surface area contributed by atoms with E-state index in [1.165, 1.54) is 0 Å². The van der Waals surface area contributed by atoms with Crippen molar-refractivity contribution < 1.29 is 19.1 Å². The molecule has 1 unspecified atom stereocenters. The first-order valence-corrected chi connectivity index (χ1v) is 9.12. The van der Waals surface area contributed by atoms with Gasteiger partial charge in [-0.1, -0.05) is 0 Å². The number of nitrogens with zero attached hydrogens (tertiary/aromatic N) is 1. The summed E-state index contributed by atoms with van der Waals surface area (Å²) in [4.78, 5) is 15.3. The fourth-order valence-electron chi connectivity index (χ4n) is 3.88. The highest BCUT2D eigenvalue weighted by molar-refractivity contribution is 5.98. The SMILES string of the molecule is COc1c(C)cc(C(=O)C2CCCN(Cc3ccc(CO)o3)C2)cc1C. The van der Waals surface area contributed by atoms with E-state index in [1.807, 2.05) is 32.0 Å². The van der Waals surface area contributed by atoms with Crippen molar-refractivity contribution in [3.05, 3.63) is 52.5 Å². The van der Waals surface area contributed by atoms with Gasteiger partial charge in [0.25, 0.3) is 0 Å². The van der Waals surface area contributed by atoms with Gasteiger partial charge in [-0.15, -0.1) is 0 Å². The summed E-state index contributed by atoms with van der Waals surface area (Å²) >= 11 is 0. The number of piperidine rings is 1. The zero-order valence-electron chi connectivity index (χ0n) is 15.7. The number of benzene rings is 1. The predicted octanol–water partition coefficient (Wildman–Crippen LogP) is 3.49. The molecule has 1 aromatic heterocycles. The first-order chi connectivity index (χ1) is 12.5. The van der Waals surface area contributed by atoms with Gasteiger partial charge in [0.15, 0.2) is 5.78 Å². The topological polar surface area (TPSA) is 62.9 Å². The Morgan fingerprint density at radius 1 is 1.27 bits per heavy atom. The summed E-state index contributed by atoms with van der Waals surface area (Å²) in [5.41, 5.74) is 2.76. The Morgan fingerprint density at radius 2 is 1.96 bits per heavy atom. The molecule has 0 amide bonds. The van der Waals surface area contributed by atoms with E-state index in [2.05, 4.69) is 4.90 Å². The maximum absolute atomic E-state index is 13.0. The molecule has 5 nitrogen and oxygen atoms in total. The van der Waals surface area contributed by atoms with Crippen molar-refractivity contribution in [3.63, 3.8) is 0 Å². The lowest BCUT2D eigenvalue weighted by atomic mass is 9.88. The summed E-state index contributed by atoms with van der Waals surface area (Å²) in [6.45, 7) is 6.23. The largest absolute Gasteiger partial charge is 0.496 e. The third kappa shape index (κ3) is 4.00. The number of rotatable bonds is 6. The van der Waals surface area contributed by atoms with Crippen molar-refractivity contribution in [2.75, 3.05) is 20.2 Å². The molecule has 140 valence electrons. The number of Topliss-reactive ketones (excluding diaryl/α,β-unsaturated/α-hetero) is 1.